The van der Waals surface area contributed by atoms with Crippen molar-refractivity contribution in [3.63, 3.8) is 0 Å². The quantitative estimate of drug-likeness (QED) is 0.612. The van der Waals surface area contributed by atoms with Gasteiger partial charge in [0.2, 0.25) is 0 Å². The van der Waals surface area contributed by atoms with Gasteiger partial charge in [-0.3, -0.25) is 0 Å². The Morgan fingerprint density at radius 3 is 2.42 bits per heavy atom. The highest BCUT2D eigenvalue weighted by atomic mass is 16.8. The summed E-state index contributed by atoms with van der Waals surface area (Å²) in [4.78, 5) is 0. The monoisotopic (exact) mass is 164 g/mol. The third-order valence-electron chi connectivity index (χ3n) is 1.57. The van der Waals surface area contributed by atoms with Crippen LogP contribution >= 0.6 is 0 Å². The molecule has 0 atom stereocenters. The summed E-state index contributed by atoms with van der Waals surface area (Å²) in [5, 5.41) is 0. The largest absolute Gasteiger partial charge is 0.713 e. The molecule has 0 spiro atoms. The lowest BCUT2D eigenvalue weighted by Gasteiger charge is -2.05. The van der Waals surface area contributed by atoms with Gasteiger partial charge in [0, 0.05) is 0 Å². The number of benzene rings is 1. The van der Waals surface area contributed by atoms with Gasteiger partial charge in [-0.15, -0.1) is 0 Å². The molecule has 0 amide bonds. The molecule has 0 saturated carbocycles. The molecule has 1 saturated heterocycles. The molecule has 62 valence electrons. The summed E-state index contributed by atoms with van der Waals surface area (Å²) in [6.45, 7) is 1.22. The van der Waals surface area contributed by atoms with Crippen LogP contribution in [0.1, 0.15) is 0 Å². The zero-order valence-electron chi connectivity index (χ0n) is 6.60. The predicted octanol–water partition coefficient (Wildman–Crippen LogP) is 1.10. The van der Waals surface area contributed by atoms with Gasteiger partial charge in [-0.2, -0.15) is 0 Å². The summed E-state index contributed by atoms with van der Waals surface area (Å²) in [5.41, 5.74) is 0. The van der Waals surface area contributed by atoms with E-state index in [1.807, 2.05) is 30.3 Å². The number of hydrogen-bond acceptors (Lipinski definition) is 3. The Bertz CT molecular complexity index is 233. The SMILES string of the molecule is c1ccc(OB2OCCO2)cc1. The van der Waals surface area contributed by atoms with Crippen LogP contribution in [-0.4, -0.2) is 20.5 Å². The van der Waals surface area contributed by atoms with Gasteiger partial charge < -0.3 is 14.0 Å². The van der Waals surface area contributed by atoms with Crippen molar-refractivity contribution >= 4 is 7.32 Å². The van der Waals surface area contributed by atoms with E-state index < -0.39 is 7.32 Å². The molecular weight excluding hydrogens is 155 g/mol. The van der Waals surface area contributed by atoms with Crippen molar-refractivity contribution in [1.29, 1.82) is 0 Å². The summed E-state index contributed by atoms with van der Waals surface area (Å²) >= 11 is 0. The van der Waals surface area contributed by atoms with Crippen molar-refractivity contribution in [1.82, 2.24) is 0 Å². The lowest BCUT2D eigenvalue weighted by Crippen LogP contribution is -2.23. The molecule has 1 aromatic rings. The Balaban J connectivity index is 1.94. The van der Waals surface area contributed by atoms with Crippen LogP contribution in [0.4, 0.5) is 0 Å². The first kappa shape index (κ1) is 7.64. The zero-order valence-corrected chi connectivity index (χ0v) is 6.60. The molecule has 1 fully saturated rings. The maximum atomic E-state index is 5.33. The second-order valence-electron chi connectivity index (χ2n) is 2.46. The van der Waals surface area contributed by atoms with Crippen LogP contribution in [-0.2, 0) is 9.31 Å². The van der Waals surface area contributed by atoms with Crippen molar-refractivity contribution in [2.24, 2.45) is 0 Å². The average Bonchev–Trinajstić information content (AvgIpc) is 2.59. The third-order valence-corrected chi connectivity index (χ3v) is 1.57. The van der Waals surface area contributed by atoms with Crippen molar-refractivity contribution in [2.75, 3.05) is 13.2 Å². The second kappa shape index (κ2) is 3.60. The molecule has 0 bridgehead atoms. The fourth-order valence-corrected chi connectivity index (χ4v) is 1.02. The molecule has 0 N–H and O–H groups in total. The first-order valence-electron chi connectivity index (χ1n) is 3.90. The van der Waals surface area contributed by atoms with Crippen LogP contribution in [0.2, 0.25) is 0 Å². The van der Waals surface area contributed by atoms with E-state index in [-0.39, 0.29) is 0 Å². The molecule has 1 aromatic carbocycles. The van der Waals surface area contributed by atoms with E-state index in [0.717, 1.165) is 5.75 Å². The maximum Gasteiger partial charge on any atom is 0.713 e. The van der Waals surface area contributed by atoms with Gasteiger partial charge >= 0.3 is 7.32 Å². The molecule has 2 rings (SSSR count). The summed E-state index contributed by atoms with van der Waals surface area (Å²) in [5.74, 6) is 0.768. The van der Waals surface area contributed by atoms with Gasteiger partial charge in [-0.25, -0.2) is 0 Å². The molecule has 0 radical (unpaired) electrons. The van der Waals surface area contributed by atoms with E-state index in [1.54, 1.807) is 0 Å². The number of rotatable bonds is 2. The fourth-order valence-electron chi connectivity index (χ4n) is 1.02. The maximum absolute atomic E-state index is 5.33. The van der Waals surface area contributed by atoms with E-state index in [9.17, 15) is 0 Å². The van der Waals surface area contributed by atoms with Crippen LogP contribution in [0.5, 0.6) is 5.75 Å². The van der Waals surface area contributed by atoms with E-state index in [2.05, 4.69) is 0 Å². The van der Waals surface area contributed by atoms with Crippen LogP contribution in [0.3, 0.4) is 0 Å². The van der Waals surface area contributed by atoms with Crippen LogP contribution in [0.25, 0.3) is 0 Å². The minimum atomic E-state index is -0.521. The molecule has 0 aliphatic carbocycles. The average molecular weight is 164 g/mol. The highest BCUT2D eigenvalue weighted by Crippen LogP contribution is 2.11. The summed E-state index contributed by atoms with van der Waals surface area (Å²) in [6, 6.07) is 9.48. The minimum Gasteiger partial charge on any atom is -0.512 e. The molecule has 1 aliphatic heterocycles. The highest BCUT2D eigenvalue weighted by Gasteiger charge is 2.28. The molecule has 1 aliphatic rings. The smallest absolute Gasteiger partial charge is 0.512 e. The zero-order chi connectivity index (χ0) is 8.23. The normalized spacial score (nSPS) is 16.5. The Morgan fingerprint density at radius 1 is 1.08 bits per heavy atom. The van der Waals surface area contributed by atoms with Gasteiger partial charge in [-0.1, -0.05) is 18.2 Å². The molecule has 0 aromatic heterocycles. The summed E-state index contributed by atoms with van der Waals surface area (Å²) in [7, 11) is -0.521. The lowest BCUT2D eigenvalue weighted by atomic mass is 10.2. The highest BCUT2D eigenvalue weighted by molar-refractivity contribution is 6.38. The lowest BCUT2D eigenvalue weighted by molar-refractivity contribution is 0.271. The van der Waals surface area contributed by atoms with E-state index in [0.29, 0.717) is 13.2 Å². The van der Waals surface area contributed by atoms with Crippen LogP contribution in [0.15, 0.2) is 30.3 Å². The van der Waals surface area contributed by atoms with Crippen LogP contribution < -0.4 is 4.65 Å². The number of hydrogen-bond donors (Lipinski definition) is 0. The van der Waals surface area contributed by atoms with Crippen molar-refractivity contribution in [3.05, 3.63) is 30.3 Å². The van der Waals surface area contributed by atoms with Gasteiger partial charge in [-0.05, 0) is 12.1 Å². The van der Waals surface area contributed by atoms with E-state index >= 15 is 0 Å². The number of para-hydroxylation sites is 1. The van der Waals surface area contributed by atoms with Crippen molar-refractivity contribution < 1.29 is 14.0 Å². The second-order valence-corrected chi connectivity index (χ2v) is 2.46. The standard InChI is InChI=1S/C8H9BO3/c1-2-4-8(5-3-1)12-9-10-6-7-11-9/h1-5H,6-7H2. The Morgan fingerprint density at radius 2 is 1.75 bits per heavy atom. The first-order chi connectivity index (χ1) is 5.95. The van der Waals surface area contributed by atoms with Gasteiger partial charge in [0.1, 0.15) is 5.75 Å². The topological polar surface area (TPSA) is 27.7 Å². The molecule has 4 heteroatoms. The molecule has 1 heterocycles. The van der Waals surface area contributed by atoms with Gasteiger partial charge in [0.05, 0.1) is 13.2 Å². The van der Waals surface area contributed by atoms with E-state index in [1.165, 1.54) is 0 Å². The van der Waals surface area contributed by atoms with Gasteiger partial charge in [0.15, 0.2) is 0 Å². The summed E-state index contributed by atoms with van der Waals surface area (Å²) in [6.07, 6.45) is 0. The molecular formula is C8H9BO3. The van der Waals surface area contributed by atoms with E-state index in [4.69, 9.17) is 14.0 Å². The minimum absolute atomic E-state index is 0.521. The molecule has 3 nitrogen and oxygen atoms in total. The van der Waals surface area contributed by atoms with Gasteiger partial charge in [0.25, 0.3) is 0 Å². The predicted molar refractivity (Wildman–Crippen MR) is 44.7 cm³/mol. The Hall–Kier alpha value is -0.995. The van der Waals surface area contributed by atoms with Crippen molar-refractivity contribution in [2.45, 2.75) is 0 Å². The van der Waals surface area contributed by atoms with Crippen molar-refractivity contribution in [3.8, 4) is 5.75 Å². The summed E-state index contributed by atoms with van der Waals surface area (Å²) < 4.78 is 15.6. The fraction of sp³-hybridized carbons (Fsp3) is 0.250. The molecule has 12 heavy (non-hydrogen) atoms. The Kier molecular flexibility index (Phi) is 2.30. The van der Waals surface area contributed by atoms with Crippen LogP contribution in [0, 0.1) is 0 Å². The Labute approximate surface area is 71.4 Å². The molecule has 0 unspecified atom stereocenters. The third kappa shape index (κ3) is 1.78. The first-order valence-corrected chi connectivity index (χ1v) is 3.90.